The fourth-order valence-corrected chi connectivity index (χ4v) is 1.93. The van der Waals surface area contributed by atoms with Crippen LogP contribution in [0.15, 0.2) is 18.2 Å². The van der Waals surface area contributed by atoms with E-state index in [0.717, 1.165) is 23.1 Å². The summed E-state index contributed by atoms with van der Waals surface area (Å²) in [5.41, 5.74) is 2.74. The van der Waals surface area contributed by atoms with Gasteiger partial charge in [-0.25, -0.2) is 0 Å². The fourth-order valence-electron chi connectivity index (χ4n) is 1.78. The summed E-state index contributed by atoms with van der Waals surface area (Å²) in [6.45, 7) is 0. The van der Waals surface area contributed by atoms with Crippen molar-refractivity contribution < 1.29 is 9.59 Å². The fraction of sp³-hybridized carbons (Fsp3) is 0.273. The first-order chi connectivity index (χ1) is 6.66. The molecule has 0 unspecified atom stereocenters. The summed E-state index contributed by atoms with van der Waals surface area (Å²) >= 11 is 5.29. The highest BCUT2D eigenvalue weighted by atomic mass is 35.5. The number of benzene rings is 1. The molecule has 0 N–H and O–H groups in total. The average Bonchev–Trinajstić information content (AvgIpc) is 2.46. The van der Waals surface area contributed by atoms with Crippen LogP contribution < -0.4 is 0 Å². The molecule has 1 aromatic carbocycles. The molecular formula is C11H9ClO2. The molecule has 0 fully saturated rings. The van der Waals surface area contributed by atoms with Crippen molar-refractivity contribution in [1.29, 1.82) is 0 Å². The van der Waals surface area contributed by atoms with Gasteiger partial charge in [-0.3, -0.25) is 9.59 Å². The first-order valence-corrected chi connectivity index (χ1v) is 4.88. The molecule has 0 radical (unpaired) electrons. The van der Waals surface area contributed by atoms with Crippen molar-refractivity contribution in [3.05, 3.63) is 34.9 Å². The van der Waals surface area contributed by atoms with E-state index in [0.29, 0.717) is 6.42 Å². The van der Waals surface area contributed by atoms with Crippen molar-refractivity contribution in [1.82, 2.24) is 0 Å². The zero-order chi connectivity index (χ0) is 10.1. The molecule has 0 saturated carbocycles. The SMILES string of the molecule is O=C(Cl)Cc1ccc2c(c1)CCC2=O. The van der Waals surface area contributed by atoms with E-state index < -0.39 is 0 Å². The summed E-state index contributed by atoms with van der Waals surface area (Å²) < 4.78 is 0. The van der Waals surface area contributed by atoms with Crippen LogP contribution in [0.3, 0.4) is 0 Å². The molecule has 0 aromatic heterocycles. The normalized spacial score (nSPS) is 14.2. The number of hydrogen-bond acceptors (Lipinski definition) is 2. The zero-order valence-corrected chi connectivity index (χ0v) is 8.30. The average molecular weight is 209 g/mol. The molecule has 1 aliphatic rings. The van der Waals surface area contributed by atoms with Crippen LogP contribution in [0.4, 0.5) is 0 Å². The monoisotopic (exact) mass is 208 g/mol. The van der Waals surface area contributed by atoms with Gasteiger partial charge in [0.25, 0.3) is 0 Å². The lowest BCUT2D eigenvalue weighted by atomic mass is 10.0. The summed E-state index contributed by atoms with van der Waals surface area (Å²) in [6, 6.07) is 5.49. The van der Waals surface area contributed by atoms with Crippen molar-refractivity contribution in [2.24, 2.45) is 0 Å². The van der Waals surface area contributed by atoms with Crippen molar-refractivity contribution in [2.45, 2.75) is 19.3 Å². The predicted octanol–water partition coefficient (Wildman–Crippen LogP) is 2.12. The molecule has 0 spiro atoms. The summed E-state index contributed by atoms with van der Waals surface area (Å²) in [4.78, 5) is 22.0. The molecule has 1 aromatic rings. The quantitative estimate of drug-likeness (QED) is 0.698. The summed E-state index contributed by atoms with van der Waals surface area (Å²) in [5.74, 6) is 0.198. The number of Topliss-reactive ketones (excluding diaryl/α,β-unsaturated/α-hetero) is 1. The first-order valence-electron chi connectivity index (χ1n) is 4.50. The highest BCUT2D eigenvalue weighted by Crippen LogP contribution is 2.23. The number of halogens is 1. The molecule has 0 atom stereocenters. The molecule has 2 rings (SSSR count). The molecule has 0 aliphatic heterocycles. The Morgan fingerprint density at radius 2 is 2.14 bits per heavy atom. The van der Waals surface area contributed by atoms with Gasteiger partial charge in [0, 0.05) is 18.4 Å². The second kappa shape index (κ2) is 3.54. The smallest absolute Gasteiger partial charge is 0.226 e. The minimum atomic E-state index is -0.366. The molecule has 0 heterocycles. The van der Waals surface area contributed by atoms with Crippen molar-refractivity contribution in [2.75, 3.05) is 0 Å². The Labute approximate surface area is 86.9 Å². The number of fused-ring (bicyclic) bond motifs is 1. The van der Waals surface area contributed by atoms with Crippen LogP contribution >= 0.6 is 11.6 Å². The molecular weight excluding hydrogens is 200 g/mol. The van der Waals surface area contributed by atoms with E-state index in [1.54, 1.807) is 12.1 Å². The van der Waals surface area contributed by atoms with Gasteiger partial charge in [-0.15, -0.1) is 0 Å². The minimum absolute atomic E-state index is 0.198. The maximum absolute atomic E-state index is 11.3. The van der Waals surface area contributed by atoms with Gasteiger partial charge in [-0.2, -0.15) is 0 Å². The molecule has 72 valence electrons. The van der Waals surface area contributed by atoms with Gasteiger partial charge < -0.3 is 0 Å². The zero-order valence-electron chi connectivity index (χ0n) is 7.55. The van der Waals surface area contributed by atoms with Gasteiger partial charge in [0.05, 0.1) is 0 Å². The van der Waals surface area contributed by atoms with Crippen LogP contribution in [0.2, 0.25) is 0 Å². The summed E-state index contributed by atoms with van der Waals surface area (Å²) in [7, 11) is 0. The molecule has 2 nitrogen and oxygen atoms in total. The van der Waals surface area contributed by atoms with E-state index >= 15 is 0 Å². The molecule has 0 amide bonds. The Morgan fingerprint density at radius 3 is 2.86 bits per heavy atom. The van der Waals surface area contributed by atoms with E-state index in [1.807, 2.05) is 6.07 Å². The Bertz CT molecular complexity index is 410. The van der Waals surface area contributed by atoms with Crippen LogP contribution in [0.5, 0.6) is 0 Å². The topological polar surface area (TPSA) is 34.1 Å². The second-order valence-corrected chi connectivity index (χ2v) is 3.87. The molecule has 0 saturated heterocycles. The van der Waals surface area contributed by atoms with Crippen LogP contribution in [0.25, 0.3) is 0 Å². The predicted molar refractivity (Wildman–Crippen MR) is 53.7 cm³/mol. The van der Waals surface area contributed by atoms with E-state index in [4.69, 9.17) is 11.6 Å². The van der Waals surface area contributed by atoms with E-state index in [9.17, 15) is 9.59 Å². The Kier molecular flexibility index (Phi) is 2.38. The lowest BCUT2D eigenvalue weighted by molar-refractivity contribution is -0.111. The minimum Gasteiger partial charge on any atom is -0.294 e. The first kappa shape index (κ1) is 9.41. The number of aryl methyl sites for hydroxylation is 1. The maximum Gasteiger partial charge on any atom is 0.226 e. The van der Waals surface area contributed by atoms with Crippen molar-refractivity contribution >= 4 is 22.6 Å². The Balaban J connectivity index is 2.32. The number of carbonyl (C=O) groups is 2. The third-order valence-corrected chi connectivity index (χ3v) is 2.57. The maximum atomic E-state index is 11.3. The highest BCUT2D eigenvalue weighted by Gasteiger charge is 2.19. The lowest BCUT2D eigenvalue weighted by Crippen LogP contribution is -1.96. The van der Waals surface area contributed by atoms with E-state index in [-0.39, 0.29) is 17.4 Å². The third kappa shape index (κ3) is 1.70. The summed E-state index contributed by atoms with van der Waals surface area (Å²) in [6.07, 6.45) is 1.62. The van der Waals surface area contributed by atoms with Gasteiger partial charge in [-0.05, 0) is 29.1 Å². The van der Waals surface area contributed by atoms with E-state index in [1.165, 1.54) is 0 Å². The van der Waals surface area contributed by atoms with Crippen LogP contribution in [-0.2, 0) is 17.6 Å². The standard InChI is InChI=1S/C11H9ClO2/c12-11(14)6-7-1-3-9-8(5-7)2-4-10(9)13/h1,3,5H,2,4,6H2. The number of ketones is 1. The molecule has 1 aliphatic carbocycles. The van der Waals surface area contributed by atoms with Crippen LogP contribution in [0, 0.1) is 0 Å². The number of carbonyl (C=O) groups excluding carboxylic acids is 2. The van der Waals surface area contributed by atoms with Gasteiger partial charge in [0.1, 0.15) is 0 Å². The Morgan fingerprint density at radius 1 is 1.36 bits per heavy atom. The lowest BCUT2D eigenvalue weighted by Gasteiger charge is -2.00. The van der Waals surface area contributed by atoms with Crippen molar-refractivity contribution in [3.8, 4) is 0 Å². The molecule has 3 heteroatoms. The largest absolute Gasteiger partial charge is 0.294 e. The molecule has 0 bridgehead atoms. The molecule has 14 heavy (non-hydrogen) atoms. The van der Waals surface area contributed by atoms with E-state index in [2.05, 4.69) is 0 Å². The van der Waals surface area contributed by atoms with Crippen LogP contribution in [0.1, 0.15) is 27.9 Å². The van der Waals surface area contributed by atoms with Gasteiger partial charge in [0.2, 0.25) is 5.24 Å². The van der Waals surface area contributed by atoms with Gasteiger partial charge in [-0.1, -0.05) is 18.2 Å². The van der Waals surface area contributed by atoms with Gasteiger partial charge >= 0.3 is 0 Å². The summed E-state index contributed by atoms with van der Waals surface area (Å²) in [5, 5.41) is -0.366. The highest BCUT2D eigenvalue weighted by molar-refractivity contribution is 6.63. The second-order valence-electron chi connectivity index (χ2n) is 3.45. The van der Waals surface area contributed by atoms with Crippen LogP contribution in [-0.4, -0.2) is 11.0 Å². The number of rotatable bonds is 2. The number of hydrogen-bond donors (Lipinski definition) is 0. The van der Waals surface area contributed by atoms with Gasteiger partial charge in [0.15, 0.2) is 5.78 Å². The Hall–Kier alpha value is -1.15. The third-order valence-electron chi connectivity index (χ3n) is 2.43. The van der Waals surface area contributed by atoms with Crippen molar-refractivity contribution in [3.63, 3.8) is 0 Å².